The van der Waals surface area contributed by atoms with Crippen molar-refractivity contribution < 1.29 is 9.90 Å². The Hall–Kier alpha value is -3.41. The third-order valence-electron chi connectivity index (χ3n) is 4.30. The van der Waals surface area contributed by atoms with Crippen LogP contribution in [0.2, 0.25) is 0 Å². The number of amides is 1. The van der Waals surface area contributed by atoms with Crippen molar-refractivity contribution in [2.75, 3.05) is 0 Å². The molecule has 1 atom stereocenters. The zero-order chi connectivity index (χ0) is 19.2. The highest BCUT2D eigenvalue weighted by atomic mass is 16.3. The molecule has 2 N–H and O–H groups in total. The summed E-state index contributed by atoms with van der Waals surface area (Å²) in [5.41, 5.74) is 5.92. The van der Waals surface area contributed by atoms with E-state index < -0.39 is 0 Å². The van der Waals surface area contributed by atoms with Crippen LogP contribution in [0.4, 0.5) is 0 Å². The van der Waals surface area contributed by atoms with Crippen molar-refractivity contribution in [3.63, 3.8) is 0 Å². The van der Waals surface area contributed by atoms with Gasteiger partial charge in [0.2, 0.25) is 5.91 Å². The second-order valence-corrected chi connectivity index (χ2v) is 6.41. The number of phenols is 1. The maximum atomic E-state index is 12.3. The Morgan fingerprint density at radius 1 is 1.37 bits per heavy atom. The third kappa shape index (κ3) is 4.41. The standard InChI is InChI=1S/C21H22N4O2/c1-3-6-16-9-10-17(20(26)11-16)12-23-24-21(27)15(2)13-25-14-22-18-7-4-5-8-19(18)25/h3-5,7-12,14-15,26H,1,6,13H2,2H3,(H,24,27)/b23-12-/t15-/m1/s1. The monoisotopic (exact) mass is 362 g/mol. The first-order valence-corrected chi connectivity index (χ1v) is 8.74. The molecule has 138 valence electrons. The fourth-order valence-electron chi connectivity index (χ4n) is 2.80. The van der Waals surface area contributed by atoms with Crippen LogP contribution < -0.4 is 5.43 Å². The van der Waals surface area contributed by atoms with Crippen molar-refractivity contribution in [2.24, 2.45) is 11.0 Å². The molecule has 3 rings (SSSR count). The van der Waals surface area contributed by atoms with Crippen LogP contribution in [-0.2, 0) is 17.8 Å². The van der Waals surface area contributed by atoms with Gasteiger partial charge in [0.1, 0.15) is 5.75 Å². The van der Waals surface area contributed by atoms with E-state index in [2.05, 4.69) is 22.1 Å². The van der Waals surface area contributed by atoms with Crippen LogP contribution in [0.25, 0.3) is 11.0 Å². The van der Waals surface area contributed by atoms with Crippen LogP contribution in [0.5, 0.6) is 5.75 Å². The number of phenolic OH excluding ortho intramolecular Hbond substituents is 1. The van der Waals surface area contributed by atoms with Gasteiger partial charge in [-0.1, -0.05) is 31.2 Å². The number of allylic oxidation sites excluding steroid dienone is 1. The minimum absolute atomic E-state index is 0.116. The van der Waals surface area contributed by atoms with Gasteiger partial charge in [-0.25, -0.2) is 10.4 Å². The highest BCUT2D eigenvalue weighted by molar-refractivity contribution is 5.85. The summed E-state index contributed by atoms with van der Waals surface area (Å²) in [6.45, 7) is 6.01. The highest BCUT2D eigenvalue weighted by Gasteiger charge is 2.14. The number of aromatic hydroxyl groups is 1. The molecule has 0 bridgehead atoms. The molecule has 0 aliphatic carbocycles. The van der Waals surface area contributed by atoms with Crippen molar-refractivity contribution in [2.45, 2.75) is 19.9 Å². The van der Waals surface area contributed by atoms with Gasteiger partial charge in [0, 0.05) is 12.1 Å². The number of imidazole rings is 1. The maximum Gasteiger partial charge on any atom is 0.244 e. The molecule has 0 unspecified atom stereocenters. The number of hydrazone groups is 1. The number of carbonyl (C=O) groups excluding carboxylic acids is 1. The first kappa shape index (κ1) is 18.4. The van der Waals surface area contributed by atoms with Gasteiger partial charge >= 0.3 is 0 Å². The Morgan fingerprint density at radius 3 is 2.96 bits per heavy atom. The molecule has 27 heavy (non-hydrogen) atoms. The number of nitrogens with zero attached hydrogens (tertiary/aromatic N) is 3. The summed E-state index contributed by atoms with van der Waals surface area (Å²) >= 11 is 0. The van der Waals surface area contributed by atoms with Gasteiger partial charge in [0.05, 0.1) is 29.5 Å². The first-order valence-electron chi connectivity index (χ1n) is 8.74. The predicted molar refractivity (Wildman–Crippen MR) is 107 cm³/mol. The lowest BCUT2D eigenvalue weighted by Crippen LogP contribution is -2.27. The molecule has 0 radical (unpaired) electrons. The Kier molecular flexibility index (Phi) is 5.66. The number of hydrogen-bond donors (Lipinski definition) is 2. The van der Waals surface area contributed by atoms with E-state index in [1.807, 2.05) is 41.8 Å². The summed E-state index contributed by atoms with van der Waals surface area (Å²) in [4.78, 5) is 16.6. The molecule has 0 fully saturated rings. The lowest BCUT2D eigenvalue weighted by molar-refractivity contribution is -0.124. The van der Waals surface area contributed by atoms with E-state index >= 15 is 0 Å². The van der Waals surface area contributed by atoms with Crippen molar-refractivity contribution in [3.8, 4) is 5.75 Å². The fourth-order valence-corrected chi connectivity index (χ4v) is 2.80. The SMILES string of the molecule is C=CCc1ccc(/C=N\NC(=O)[C@H](C)Cn2cnc3ccccc32)c(O)c1. The molecule has 0 saturated heterocycles. The van der Waals surface area contributed by atoms with Crippen molar-refractivity contribution >= 4 is 23.2 Å². The van der Waals surface area contributed by atoms with Crippen LogP contribution in [0, 0.1) is 5.92 Å². The van der Waals surface area contributed by atoms with Gasteiger partial charge in [-0.3, -0.25) is 4.79 Å². The number of fused-ring (bicyclic) bond motifs is 1. The number of rotatable bonds is 7. The highest BCUT2D eigenvalue weighted by Crippen LogP contribution is 2.17. The smallest absolute Gasteiger partial charge is 0.244 e. The average molecular weight is 362 g/mol. The van der Waals surface area contributed by atoms with Crippen LogP contribution in [-0.4, -0.2) is 26.8 Å². The van der Waals surface area contributed by atoms with Crippen molar-refractivity contribution in [1.29, 1.82) is 0 Å². The zero-order valence-corrected chi connectivity index (χ0v) is 15.2. The van der Waals surface area contributed by atoms with Gasteiger partial charge in [-0.15, -0.1) is 6.58 Å². The number of aromatic nitrogens is 2. The molecule has 0 aliphatic heterocycles. The molecular formula is C21H22N4O2. The molecule has 1 aromatic heterocycles. The van der Waals surface area contributed by atoms with E-state index in [1.165, 1.54) is 6.21 Å². The Labute approximate surface area is 157 Å². The molecule has 0 spiro atoms. The summed E-state index contributed by atoms with van der Waals surface area (Å²) in [5, 5.41) is 14.0. The van der Waals surface area contributed by atoms with E-state index in [-0.39, 0.29) is 17.6 Å². The largest absolute Gasteiger partial charge is 0.507 e. The molecule has 3 aromatic rings. The normalized spacial score (nSPS) is 12.3. The van der Waals surface area contributed by atoms with Gasteiger partial charge in [0.15, 0.2) is 0 Å². The number of carbonyl (C=O) groups is 1. The van der Waals surface area contributed by atoms with E-state index in [4.69, 9.17) is 0 Å². The Bertz CT molecular complexity index is 991. The topological polar surface area (TPSA) is 79.5 Å². The minimum atomic E-state index is -0.289. The predicted octanol–water partition coefficient (Wildman–Crippen LogP) is 3.26. The molecular weight excluding hydrogens is 340 g/mol. The quantitative estimate of drug-likeness (QED) is 0.385. The van der Waals surface area contributed by atoms with Gasteiger partial charge in [-0.2, -0.15) is 5.10 Å². The van der Waals surface area contributed by atoms with Crippen molar-refractivity contribution in [3.05, 3.63) is 72.6 Å². The molecule has 6 heteroatoms. The second-order valence-electron chi connectivity index (χ2n) is 6.41. The number of benzene rings is 2. The third-order valence-corrected chi connectivity index (χ3v) is 4.30. The zero-order valence-electron chi connectivity index (χ0n) is 15.2. The summed E-state index contributed by atoms with van der Waals surface area (Å²) in [6, 6.07) is 13.1. The lowest BCUT2D eigenvalue weighted by atomic mass is 10.1. The molecule has 0 aliphatic rings. The van der Waals surface area contributed by atoms with Crippen molar-refractivity contribution in [1.82, 2.24) is 15.0 Å². The van der Waals surface area contributed by atoms with E-state index in [0.717, 1.165) is 16.6 Å². The van der Waals surface area contributed by atoms with Crippen LogP contribution in [0.3, 0.4) is 0 Å². The molecule has 6 nitrogen and oxygen atoms in total. The number of nitrogens with one attached hydrogen (secondary N) is 1. The van der Waals surface area contributed by atoms with Crippen LogP contribution in [0.15, 0.2) is 66.5 Å². The minimum Gasteiger partial charge on any atom is -0.507 e. The summed E-state index contributed by atoms with van der Waals surface area (Å²) in [6.07, 6.45) is 5.63. The Balaban J connectivity index is 1.60. The Morgan fingerprint density at radius 2 is 2.19 bits per heavy atom. The molecule has 0 saturated carbocycles. The molecule has 1 amide bonds. The van der Waals surface area contributed by atoms with E-state index in [1.54, 1.807) is 24.5 Å². The van der Waals surface area contributed by atoms with Gasteiger partial charge in [-0.05, 0) is 36.2 Å². The first-order chi connectivity index (χ1) is 13.1. The van der Waals surface area contributed by atoms with Crippen LogP contribution >= 0.6 is 0 Å². The number of hydrogen-bond acceptors (Lipinski definition) is 4. The summed E-state index contributed by atoms with van der Waals surface area (Å²) in [7, 11) is 0. The lowest BCUT2D eigenvalue weighted by Gasteiger charge is -2.11. The summed E-state index contributed by atoms with van der Waals surface area (Å²) in [5.74, 6) is -0.375. The summed E-state index contributed by atoms with van der Waals surface area (Å²) < 4.78 is 1.95. The maximum absolute atomic E-state index is 12.3. The second kappa shape index (κ2) is 8.31. The van der Waals surface area contributed by atoms with E-state index in [9.17, 15) is 9.90 Å². The van der Waals surface area contributed by atoms with Gasteiger partial charge < -0.3 is 9.67 Å². The fraction of sp³-hybridized carbons (Fsp3) is 0.190. The van der Waals surface area contributed by atoms with Gasteiger partial charge in [0.25, 0.3) is 0 Å². The average Bonchev–Trinajstić information content (AvgIpc) is 3.06. The molecule has 2 aromatic carbocycles. The van der Waals surface area contributed by atoms with Crippen LogP contribution in [0.1, 0.15) is 18.1 Å². The molecule has 1 heterocycles. The van der Waals surface area contributed by atoms with E-state index in [0.29, 0.717) is 18.5 Å². The number of para-hydroxylation sites is 2.